The van der Waals surface area contributed by atoms with Crippen LogP contribution in [0.1, 0.15) is 39.5 Å². The van der Waals surface area contributed by atoms with Crippen LogP contribution < -0.4 is 11.1 Å². The molecule has 1 amide bonds. The minimum atomic E-state index is -0.396. The molecule has 0 radical (unpaired) electrons. The van der Waals surface area contributed by atoms with Crippen LogP contribution in [0.2, 0.25) is 0 Å². The fourth-order valence-electron chi connectivity index (χ4n) is 3.40. The molecule has 122 valence electrons. The van der Waals surface area contributed by atoms with E-state index < -0.39 is 5.41 Å². The van der Waals surface area contributed by atoms with Gasteiger partial charge in [0.25, 0.3) is 0 Å². The van der Waals surface area contributed by atoms with Crippen molar-refractivity contribution >= 4 is 5.91 Å². The standard InChI is InChI=1S/C16H31N3O2/c1-13(2)11-19-7-3-14(4-8-19)18-15(20)16(12-17)5-9-21-10-6-16/h13-14H,3-12,17H2,1-2H3,(H,18,20). The molecule has 0 bridgehead atoms. The van der Waals surface area contributed by atoms with Crippen LogP contribution in [-0.2, 0) is 9.53 Å². The second-order valence-corrected chi connectivity index (χ2v) is 7.04. The first-order valence-electron chi connectivity index (χ1n) is 8.37. The summed E-state index contributed by atoms with van der Waals surface area (Å²) in [5.41, 5.74) is 5.50. The van der Waals surface area contributed by atoms with Crippen molar-refractivity contribution in [1.29, 1.82) is 0 Å². The zero-order valence-corrected chi connectivity index (χ0v) is 13.6. The number of hydrogen-bond acceptors (Lipinski definition) is 4. The summed E-state index contributed by atoms with van der Waals surface area (Å²) < 4.78 is 5.38. The Bertz CT molecular complexity index is 332. The molecule has 2 aliphatic heterocycles. The van der Waals surface area contributed by atoms with E-state index in [1.54, 1.807) is 0 Å². The molecule has 0 aromatic carbocycles. The molecule has 0 aromatic rings. The maximum absolute atomic E-state index is 12.6. The van der Waals surface area contributed by atoms with Gasteiger partial charge >= 0.3 is 0 Å². The number of hydrogen-bond donors (Lipinski definition) is 2. The van der Waals surface area contributed by atoms with E-state index >= 15 is 0 Å². The first kappa shape index (κ1) is 16.7. The van der Waals surface area contributed by atoms with Gasteiger partial charge in [-0.2, -0.15) is 0 Å². The maximum Gasteiger partial charge on any atom is 0.227 e. The molecule has 3 N–H and O–H groups in total. The zero-order valence-electron chi connectivity index (χ0n) is 13.6. The van der Waals surface area contributed by atoms with Gasteiger partial charge in [0.1, 0.15) is 0 Å². The number of carbonyl (C=O) groups excluding carboxylic acids is 1. The summed E-state index contributed by atoms with van der Waals surface area (Å²) in [6.07, 6.45) is 3.61. The average Bonchev–Trinajstić information content (AvgIpc) is 2.49. The lowest BCUT2D eigenvalue weighted by molar-refractivity contribution is -0.137. The Balaban J connectivity index is 1.81. The highest BCUT2D eigenvalue weighted by Gasteiger charge is 2.39. The monoisotopic (exact) mass is 297 g/mol. The molecule has 21 heavy (non-hydrogen) atoms. The van der Waals surface area contributed by atoms with Crippen molar-refractivity contribution in [2.24, 2.45) is 17.1 Å². The molecule has 0 spiro atoms. The van der Waals surface area contributed by atoms with Crippen LogP contribution in [0, 0.1) is 11.3 Å². The van der Waals surface area contributed by atoms with Gasteiger partial charge in [-0.05, 0) is 31.6 Å². The van der Waals surface area contributed by atoms with Crippen LogP contribution in [-0.4, -0.2) is 56.2 Å². The molecule has 0 atom stereocenters. The van der Waals surface area contributed by atoms with Gasteiger partial charge in [0.05, 0.1) is 5.41 Å². The highest BCUT2D eigenvalue weighted by Crippen LogP contribution is 2.30. The molecule has 5 heteroatoms. The van der Waals surface area contributed by atoms with Crippen molar-refractivity contribution in [3.8, 4) is 0 Å². The predicted molar refractivity (Wildman–Crippen MR) is 84.0 cm³/mol. The van der Waals surface area contributed by atoms with Crippen molar-refractivity contribution in [1.82, 2.24) is 10.2 Å². The van der Waals surface area contributed by atoms with Gasteiger partial charge in [0.15, 0.2) is 0 Å². The lowest BCUT2D eigenvalue weighted by Crippen LogP contribution is -2.54. The molecule has 2 saturated heterocycles. The van der Waals surface area contributed by atoms with Gasteiger partial charge in [-0.3, -0.25) is 4.79 Å². The van der Waals surface area contributed by atoms with Gasteiger partial charge in [0, 0.05) is 45.4 Å². The second-order valence-electron chi connectivity index (χ2n) is 7.04. The molecule has 0 saturated carbocycles. The second kappa shape index (κ2) is 7.56. The molecule has 0 unspecified atom stereocenters. The van der Waals surface area contributed by atoms with Gasteiger partial charge in [0.2, 0.25) is 5.91 Å². The van der Waals surface area contributed by atoms with E-state index in [1.807, 2.05) is 0 Å². The predicted octanol–water partition coefficient (Wildman–Crippen LogP) is 0.979. The quantitative estimate of drug-likeness (QED) is 0.794. The number of amides is 1. The molecule has 0 aromatic heterocycles. The molecule has 5 nitrogen and oxygen atoms in total. The Morgan fingerprint density at radius 3 is 2.48 bits per heavy atom. The summed E-state index contributed by atoms with van der Waals surface area (Å²) in [6.45, 7) is 9.56. The van der Waals surface area contributed by atoms with E-state index in [9.17, 15) is 4.79 Å². The number of rotatable bonds is 5. The molecular weight excluding hydrogens is 266 g/mol. The van der Waals surface area contributed by atoms with E-state index in [4.69, 9.17) is 10.5 Å². The van der Waals surface area contributed by atoms with E-state index in [1.165, 1.54) is 0 Å². The van der Waals surface area contributed by atoms with E-state index in [0.29, 0.717) is 31.7 Å². The lowest BCUT2D eigenvalue weighted by atomic mass is 9.79. The third-order valence-electron chi connectivity index (χ3n) is 4.87. The number of ether oxygens (including phenoxy) is 1. The number of nitrogens with zero attached hydrogens (tertiary/aromatic N) is 1. The van der Waals surface area contributed by atoms with E-state index in [0.717, 1.165) is 45.3 Å². The topological polar surface area (TPSA) is 67.6 Å². The highest BCUT2D eigenvalue weighted by molar-refractivity contribution is 5.83. The van der Waals surface area contributed by atoms with Crippen molar-refractivity contribution in [2.75, 3.05) is 39.4 Å². The summed E-state index contributed by atoms with van der Waals surface area (Å²) in [5.74, 6) is 0.856. The molecule has 0 aliphatic carbocycles. The van der Waals surface area contributed by atoms with Crippen LogP contribution in [0.25, 0.3) is 0 Å². The van der Waals surface area contributed by atoms with Crippen LogP contribution >= 0.6 is 0 Å². The molecule has 2 rings (SSSR count). The fraction of sp³-hybridized carbons (Fsp3) is 0.938. The van der Waals surface area contributed by atoms with Crippen LogP contribution in [0.4, 0.5) is 0 Å². The van der Waals surface area contributed by atoms with Crippen molar-refractivity contribution < 1.29 is 9.53 Å². The first-order valence-corrected chi connectivity index (χ1v) is 8.37. The maximum atomic E-state index is 12.6. The third-order valence-corrected chi connectivity index (χ3v) is 4.87. The minimum absolute atomic E-state index is 0.149. The van der Waals surface area contributed by atoms with Crippen LogP contribution in [0.5, 0.6) is 0 Å². The Labute approximate surface area is 128 Å². The summed E-state index contributed by atoms with van der Waals surface area (Å²) in [6, 6.07) is 0.312. The fourth-order valence-corrected chi connectivity index (χ4v) is 3.40. The van der Waals surface area contributed by atoms with Crippen molar-refractivity contribution in [3.05, 3.63) is 0 Å². The van der Waals surface area contributed by atoms with Gasteiger partial charge in [-0.25, -0.2) is 0 Å². The Morgan fingerprint density at radius 1 is 1.33 bits per heavy atom. The highest BCUT2D eigenvalue weighted by atomic mass is 16.5. The summed E-state index contributed by atoms with van der Waals surface area (Å²) in [5, 5.41) is 3.25. The molecular formula is C16H31N3O2. The number of carbonyl (C=O) groups is 1. The Morgan fingerprint density at radius 2 is 1.95 bits per heavy atom. The van der Waals surface area contributed by atoms with E-state index in [2.05, 4.69) is 24.1 Å². The van der Waals surface area contributed by atoms with Gasteiger partial charge < -0.3 is 20.7 Å². The van der Waals surface area contributed by atoms with Crippen LogP contribution in [0.3, 0.4) is 0 Å². The number of piperidine rings is 1. The first-order chi connectivity index (χ1) is 10.1. The molecule has 2 aliphatic rings. The van der Waals surface area contributed by atoms with Gasteiger partial charge in [-0.15, -0.1) is 0 Å². The smallest absolute Gasteiger partial charge is 0.227 e. The number of likely N-dealkylation sites (tertiary alicyclic amines) is 1. The minimum Gasteiger partial charge on any atom is -0.381 e. The third kappa shape index (κ3) is 4.41. The number of nitrogens with one attached hydrogen (secondary N) is 1. The van der Waals surface area contributed by atoms with E-state index in [-0.39, 0.29) is 5.91 Å². The zero-order chi connectivity index (χ0) is 15.3. The van der Waals surface area contributed by atoms with Crippen LogP contribution in [0.15, 0.2) is 0 Å². The summed E-state index contributed by atoms with van der Waals surface area (Å²) in [7, 11) is 0. The summed E-state index contributed by atoms with van der Waals surface area (Å²) in [4.78, 5) is 15.1. The summed E-state index contributed by atoms with van der Waals surface area (Å²) >= 11 is 0. The Hall–Kier alpha value is -0.650. The SMILES string of the molecule is CC(C)CN1CCC(NC(=O)C2(CN)CCOCC2)CC1. The van der Waals surface area contributed by atoms with Gasteiger partial charge in [-0.1, -0.05) is 13.8 Å². The normalized spacial score (nSPS) is 24.2. The van der Waals surface area contributed by atoms with Crippen molar-refractivity contribution in [2.45, 2.75) is 45.6 Å². The van der Waals surface area contributed by atoms with Crippen molar-refractivity contribution in [3.63, 3.8) is 0 Å². The average molecular weight is 297 g/mol. The Kier molecular flexibility index (Phi) is 6.02. The lowest BCUT2D eigenvalue weighted by Gasteiger charge is -2.38. The molecule has 2 heterocycles. The largest absolute Gasteiger partial charge is 0.381 e. The molecule has 2 fully saturated rings. The number of nitrogens with two attached hydrogens (primary N) is 1.